The molecule has 1 unspecified atom stereocenters. The summed E-state index contributed by atoms with van der Waals surface area (Å²) in [5, 5.41) is 17.7. The molecule has 27 heavy (non-hydrogen) atoms. The van der Waals surface area contributed by atoms with Gasteiger partial charge in [0.2, 0.25) is 6.79 Å². The van der Waals surface area contributed by atoms with Gasteiger partial charge in [0.1, 0.15) is 11.5 Å². The van der Waals surface area contributed by atoms with Crippen LogP contribution in [0.3, 0.4) is 0 Å². The minimum Gasteiger partial charge on any atom is -0.454 e. The molecule has 1 saturated heterocycles. The first-order valence-corrected chi connectivity index (χ1v) is 9.73. The van der Waals surface area contributed by atoms with E-state index in [1.54, 1.807) is 0 Å². The van der Waals surface area contributed by atoms with Crippen LogP contribution in [0.5, 0.6) is 11.5 Å². The average molecular weight is 371 g/mol. The Morgan fingerprint density at radius 3 is 3.04 bits per heavy atom. The second-order valence-corrected chi connectivity index (χ2v) is 7.72. The number of ether oxygens (including phenoxy) is 2. The Bertz CT molecular complexity index is 822. The number of fused-ring (bicyclic) bond motifs is 2. The van der Waals surface area contributed by atoms with E-state index in [0.717, 1.165) is 74.8 Å². The molecule has 3 heterocycles. The number of hydrogen-bond acceptors (Lipinski definition) is 7. The number of β-amino-alcohol motifs (C(OH)–C–C–N with tert-alkyl or cyclic N) is 1. The van der Waals surface area contributed by atoms with Crippen LogP contribution in [0.2, 0.25) is 0 Å². The maximum absolute atomic E-state index is 9.73. The van der Waals surface area contributed by atoms with Gasteiger partial charge in [-0.05, 0) is 37.0 Å². The zero-order valence-electron chi connectivity index (χ0n) is 15.3. The molecule has 0 bridgehead atoms. The van der Waals surface area contributed by atoms with Crippen molar-refractivity contribution in [2.45, 2.75) is 50.9 Å². The average Bonchev–Trinajstić information content (AvgIpc) is 3.40. The number of likely N-dealkylation sites (tertiary alicyclic amines) is 1. The first kappa shape index (κ1) is 17.0. The fourth-order valence-electron chi connectivity index (χ4n) is 4.24. The standard InChI is InChI=1S/C20H25N3O4/c24-15-5-6-23(10-15)11-17-16-8-14(2-4-18(16)27-22-17)21-9-13-1-3-19-20(7-13)26-12-25-19/h1,3,7,14-15,21,24H,2,4-6,8-12H2/t14?,15-/m1/s1. The summed E-state index contributed by atoms with van der Waals surface area (Å²) in [5.74, 6) is 2.68. The molecule has 5 rings (SSSR count). The Morgan fingerprint density at radius 1 is 1.22 bits per heavy atom. The molecule has 1 aromatic heterocycles. The predicted molar refractivity (Wildman–Crippen MR) is 97.6 cm³/mol. The molecule has 7 heteroatoms. The number of nitrogens with one attached hydrogen (secondary N) is 1. The van der Waals surface area contributed by atoms with E-state index in [-0.39, 0.29) is 6.10 Å². The van der Waals surface area contributed by atoms with Crippen molar-refractivity contribution in [3.63, 3.8) is 0 Å². The zero-order chi connectivity index (χ0) is 18.2. The summed E-state index contributed by atoms with van der Waals surface area (Å²) in [5.41, 5.74) is 3.49. The van der Waals surface area contributed by atoms with Gasteiger partial charge in [-0.2, -0.15) is 0 Å². The molecule has 2 N–H and O–H groups in total. The van der Waals surface area contributed by atoms with Gasteiger partial charge in [-0.3, -0.25) is 4.90 Å². The van der Waals surface area contributed by atoms with Crippen molar-refractivity contribution < 1.29 is 19.1 Å². The maximum Gasteiger partial charge on any atom is 0.231 e. The van der Waals surface area contributed by atoms with Crippen molar-refractivity contribution in [3.05, 3.63) is 40.8 Å². The van der Waals surface area contributed by atoms with Gasteiger partial charge in [0.15, 0.2) is 11.5 Å². The summed E-state index contributed by atoms with van der Waals surface area (Å²) < 4.78 is 16.4. The van der Waals surface area contributed by atoms with Crippen LogP contribution in [0.15, 0.2) is 22.7 Å². The minimum atomic E-state index is -0.205. The van der Waals surface area contributed by atoms with Crippen molar-refractivity contribution in [3.8, 4) is 11.5 Å². The van der Waals surface area contributed by atoms with Gasteiger partial charge in [0, 0.05) is 44.2 Å². The van der Waals surface area contributed by atoms with Gasteiger partial charge in [-0.1, -0.05) is 11.2 Å². The number of benzene rings is 1. The van der Waals surface area contributed by atoms with E-state index in [1.165, 1.54) is 11.1 Å². The number of nitrogens with zero attached hydrogens (tertiary/aromatic N) is 2. The van der Waals surface area contributed by atoms with Crippen LogP contribution in [0.1, 0.15) is 35.4 Å². The second kappa shape index (κ2) is 7.14. The van der Waals surface area contributed by atoms with E-state index in [9.17, 15) is 5.11 Å². The van der Waals surface area contributed by atoms with Gasteiger partial charge in [-0.25, -0.2) is 0 Å². The van der Waals surface area contributed by atoms with Crippen molar-refractivity contribution >= 4 is 0 Å². The molecule has 3 aliphatic rings. The molecule has 2 aliphatic heterocycles. The number of aliphatic hydroxyl groups is 1. The van der Waals surface area contributed by atoms with Crippen molar-refractivity contribution in [1.82, 2.24) is 15.4 Å². The third-order valence-electron chi connectivity index (χ3n) is 5.77. The molecule has 1 aliphatic carbocycles. The Balaban J connectivity index is 1.21. The normalized spacial score (nSPS) is 24.3. The van der Waals surface area contributed by atoms with Gasteiger partial charge >= 0.3 is 0 Å². The molecule has 144 valence electrons. The number of aliphatic hydroxyl groups excluding tert-OH is 1. The SMILES string of the molecule is O[C@@H]1CCN(Cc2noc3c2CC(NCc2ccc4c(c2)OCO4)CC3)C1. The lowest BCUT2D eigenvalue weighted by Gasteiger charge is -2.23. The molecule has 7 nitrogen and oxygen atoms in total. The van der Waals surface area contributed by atoms with Crippen LogP contribution in [0.25, 0.3) is 0 Å². The van der Waals surface area contributed by atoms with Crippen LogP contribution < -0.4 is 14.8 Å². The third-order valence-corrected chi connectivity index (χ3v) is 5.77. The lowest BCUT2D eigenvalue weighted by atomic mass is 9.91. The number of aryl methyl sites for hydroxylation is 1. The van der Waals surface area contributed by atoms with E-state index < -0.39 is 0 Å². The quantitative estimate of drug-likeness (QED) is 0.827. The fourth-order valence-corrected chi connectivity index (χ4v) is 4.24. The summed E-state index contributed by atoms with van der Waals surface area (Å²) in [4.78, 5) is 2.26. The van der Waals surface area contributed by atoms with Crippen molar-refractivity contribution in [1.29, 1.82) is 0 Å². The van der Waals surface area contributed by atoms with E-state index in [1.807, 2.05) is 12.1 Å². The van der Waals surface area contributed by atoms with Crippen molar-refractivity contribution in [2.24, 2.45) is 0 Å². The first-order valence-electron chi connectivity index (χ1n) is 9.73. The largest absolute Gasteiger partial charge is 0.454 e. The smallest absolute Gasteiger partial charge is 0.231 e. The predicted octanol–water partition coefficient (Wildman–Crippen LogP) is 1.62. The molecular weight excluding hydrogens is 346 g/mol. The lowest BCUT2D eigenvalue weighted by molar-refractivity contribution is 0.173. The number of rotatable bonds is 5. The van der Waals surface area contributed by atoms with E-state index in [4.69, 9.17) is 14.0 Å². The summed E-state index contributed by atoms with van der Waals surface area (Å²) >= 11 is 0. The van der Waals surface area contributed by atoms with Crippen LogP contribution in [0, 0.1) is 0 Å². The Hall–Kier alpha value is -2.09. The third kappa shape index (κ3) is 3.54. The highest BCUT2D eigenvalue weighted by Crippen LogP contribution is 2.32. The first-order chi connectivity index (χ1) is 13.2. The summed E-state index contributed by atoms with van der Waals surface area (Å²) in [7, 11) is 0. The minimum absolute atomic E-state index is 0.205. The molecule has 0 radical (unpaired) electrons. The summed E-state index contributed by atoms with van der Waals surface area (Å²) in [6.07, 6.45) is 3.55. The van der Waals surface area contributed by atoms with E-state index in [2.05, 4.69) is 21.4 Å². The molecular formula is C20H25N3O4. The van der Waals surface area contributed by atoms with E-state index >= 15 is 0 Å². The van der Waals surface area contributed by atoms with Crippen LogP contribution in [-0.2, 0) is 25.9 Å². The Kier molecular flexibility index (Phi) is 4.51. The second-order valence-electron chi connectivity index (χ2n) is 7.72. The highest BCUT2D eigenvalue weighted by atomic mass is 16.7. The highest BCUT2D eigenvalue weighted by molar-refractivity contribution is 5.44. The molecule has 1 aromatic carbocycles. The number of aromatic nitrogens is 1. The van der Waals surface area contributed by atoms with Gasteiger partial charge in [0.25, 0.3) is 0 Å². The van der Waals surface area contributed by atoms with Crippen LogP contribution in [-0.4, -0.2) is 47.2 Å². The molecule has 1 fully saturated rings. The maximum atomic E-state index is 9.73. The monoisotopic (exact) mass is 371 g/mol. The van der Waals surface area contributed by atoms with Gasteiger partial charge in [-0.15, -0.1) is 0 Å². The van der Waals surface area contributed by atoms with Crippen LogP contribution in [0.4, 0.5) is 0 Å². The molecule has 0 spiro atoms. The van der Waals surface area contributed by atoms with Gasteiger partial charge < -0.3 is 24.4 Å². The zero-order valence-corrected chi connectivity index (χ0v) is 15.3. The Morgan fingerprint density at radius 2 is 2.15 bits per heavy atom. The van der Waals surface area contributed by atoms with Crippen molar-refractivity contribution in [2.75, 3.05) is 19.9 Å². The number of hydrogen-bond donors (Lipinski definition) is 2. The summed E-state index contributed by atoms with van der Waals surface area (Å²) in [6, 6.07) is 6.51. The lowest BCUT2D eigenvalue weighted by Crippen LogP contribution is -2.34. The molecule has 0 saturated carbocycles. The fraction of sp³-hybridized carbons (Fsp3) is 0.550. The Labute approximate surface area is 158 Å². The highest BCUT2D eigenvalue weighted by Gasteiger charge is 2.28. The molecule has 0 amide bonds. The van der Waals surface area contributed by atoms with E-state index in [0.29, 0.717) is 12.8 Å². The van der Waals surface area contributed by atoms with Gasteiger partial charge in [0.05, 0.1) is 6.10 Å². The van der Waals surface area contributed by atoms with Crippen LogP contribution >= 0.6 is 0 Å². The molecule has 2 atom stereocenters. The molecule has 2 aromatic rings. The summed E-state index contributed by atoms with van der Waals surface area (Å²) in [6.45, 7) is 3.53. The topological polar surface area (TPSA) is 80.0 Å².